The smallest absolute Gasteiger partial charge is 0.119 e. The number of benzene rings is 1. The minimum Gasteiger partial charge on any atom is -0.497 e. The second-order valence-electron chi connectivity index (χ2n) is 12.2. The number of aliphatic hydroxyl groups is 1. The zero-order valence-corrected chi connectivity index (χ0v) is 21.0. The molecule has 1 aromatic rings. The van der Waals surface area contributed by atoms with Gasteiger partial charge in [-0.25, -0.2) is 0 Å². The lowest BCUT2D eigenvalue weighted by atomic mass is 9.47. The van der Waals surface area contributed by atoms with Gasteiger partial charge in [-0.1, -0.05) is 25.5 Å². The lowest BCUT2D eigenvalue weighted by Crippen LogP contribution is -2.52. The summed E-state index contributed by atoms with van der Waals surface area (Å²) in [5, 5.41) is 17.9. The summed E-state index contributed by atoms with van der Waals surface area (Å²) < 4.78 is 5.43. The zero-order chi connectivity index (χ0) is 23.1. The highest BCUT2D eigenvalue weighted by Gasteiger charge is 2.63. The molecule has 4 aliphatic carbocycles. The van der Waals surface area contributed by atoms with Crippen LogP contribution in [0.4, 0.5) is 5.69 Å². The van der Waals surface area contributed by atoms with Crippen molar-refractivity contribution < 1.29 is 9.84 Å². The third kappa shape index (κ3) is 2.95. The quantitative estimate of drug-likeness (QED) is 0.555. The predicted molar refractivity (Wildman–Crippen MR) is 134 cm³/mol. The average Bonchev–Trinajstić information content (AvgIpc) is 3.28. The van der Waals surface area contributed by atoms with Crippen molar-refractivity contribution in [1.29, 1.82) is 0 Å². The van der Waals surface area contributed by atoms with Crippen molar-refractivity contribution in [3.63, 3.8) is 0 Å². The highest BCUT2D eigenvalue weighted by molar-refractivity contribution is 5.94. The van der Waals surface area contributed by atoms with E-state index in [2.05, 4.69) is 57.0 Å². The molecule has 1 aromatic carbocycles. The van der Waals surface area contributed by atoms with Crippen LogP contribution in [0.2, 0.25) is 0 Å². The van der Waals surface area contributed by atoms with Crippen molar-refractivity contribution in [2.24, 2.45) is 39.6 Å². The topological polar surface area (TPSA) is 45.1 Å². The Morgan fingerprint density at radius 2 is 1.94 bits per heavy atom. The SMILES string of the molecule is COc1ccc(N2N=C3C[C@H]4[C@@H]5CC=C6C[C@@H](O)CC[C@]6(C)[C@H]5CC[C@]4(C)[C@H]3[C@@H]2C)c(C)c1. The van der Waals surface area contributed by atoms with Gasteiger partial charge in [-0.3, -0.25) is 5.01 Å². The van der Waals surface area contributed by atoms with E-state index in [1.54, 1.807) is 12.7 Å². The molecule has 5 aliphatic rings. The number of nitrogens with zero attached hydrogens (tertiary/aromatic N) is 2. The zero-order valence-electron chi connectivity index (χ0n) is 21.0. The van der Waals surface area contributed by atoms with Gasteiger partial charge in [-0.2, -0.15) is 5.10 Å². The Bertz CT molecular complexity index is 1030. The van der Waals surface area contributed by atoms with Crippen molar-refractivity contribution in [3.8, 4) is 5.75 Å². The van der Waals surface area contributed by atoms with E-state index >= 15 is 0 Å². The molecule has 8 atom stereocenters. The maximum absolute atomic E-state index is 10.3. The number of ether oxygens (including phenoxy) is 1. The largest absolute Gasteiger partial charge is 0.497 e. The Labute approximate surface area is 199 Å². The van der Waals surface area contributed by atoms with E-state index in [1.165, 1.54) is 42.6 Å². The van der Waals surface area contributed by atoms with Crippen LogP contribution in [0.3, 0.4) is 0 Å². The summed E-state index contributed by atoms with van der Waals surface area (Å²) in [6.45, 7) is 9.68. The molecule has 0 amide bonds. The molecular weight excluding hydrogens is 408 g/mol. The van der Waals surface area contributed by atoms with E-state index in [4.69, 9.17) is 9.84 Å². The van der Waals surface area contributed by atoms with Gasteiger partial charge in [-0.15, -0.1) is 0 Å². The Balaban J connectivity index is 1.31. The number of hydrazone groups is 1. The lowest BCUT2D eigenvalue weighted by molar-refractivity contribution is -0.0509. The molecule has 1 N–H and O–H groups in total. The van der Waals surface area contributed by atoms with Crippen molar-refractivity contribution in [2.75, 3.05) is 12.1 Å². The van der Waals surface area contributed by atoms with Gasteiger partial charge in [0.25, 0.3) is 0 Å². The Hall–Kier alpha value is -1.81. The minimum absolute atomic E-state index is 0.122. The van der Waals surface area contributed by atoms with Gasteiger partial charge in [0.05, 0.1) is 24.9 Å². The molecule has 0 saturated heterocycles. The van der Waals surface area contributed by atoms with Gasteiger partial charge in [0.2, 0.25) is 0 Å². The van der Waals surface area contributed by atoms with Crippen LogP contribution in [0, 0.1) is 41.4 Å². The molecule has 0 bridgehead atoms. The van der Waals surface area contributed by atoms with Crippen LogP contribution in [0.25, 0.3) is 0 Å². The van der Waals surface area contributed by atoms with E-state index in [-0.39, 0.29) is 6.10 Å². The van der Waals surface area contributed by atoms with Gasteiger partial charge in [-0.05, 0) is 111 Å². The molecule has 4 nitrogen and oxygen atoms in total. The van der Waals surface area contributed by atoms with Crippen molar-refractivity contribution >= 4 is 11.4 Å². The molecule has 178 valence electrons. The van der Waals surface area contributed by atoms with Crippen LogP contribution in [-0.2, 0) is 0 Å². The fourth-order valence-electron chi connectivity index (χ4n) is 9.08. The summed E-state index contributed by atoms with van der Waals surface area (Å²) in [6, 6.07) is 6.76. The molecular formula is C29H40N2O2. The third-order valence-electron chi connectivity index (χ3n) is 10.8. The van der Waals surface area contributed by atoms with Gasteiger partial charge in [0.1, 0.15) is 5.75 Å². The van der Waals surface area contributed by atoms with Crippen LogP contribution in [-0.4, -0.2) is 30.1 Å². The molecule has 6 rings (SSSR count). The highest BCUT2D eigenvalue weighted by atomic mass is 16.5. The molecule has 3 saturated carbocycles. The number of anilines is 1. The first-order valence-corrected chi connectivity index (χ1v) is 13.1. The number of hydrogen-bond acceptors (Lipinski definition) is 4. The Kier molecular flexibility index (Phi) is 4.83. The Morgan fingerprint density at radius 1 is 1.12 bits per heavy atom. The summed E-state index contributed by atoms with van der Waals surface area (Å²) in [5.74, 6) is 3.75. The van der Waals surface area contributed by atoms with E-state index in [0.717, 1.165) is 42.8 Å². The van der Waals surface area contributed by atoms with Gasteiger partial charge < -0.3 is 9.84 Å². The minimum atomic E-state index is -0.122. The molecule has 0 aromatic heterocycles. The average molecular weight is 449 g/mol. The summed E-state index contributed by atoms with van der Waals surface area (Å²) in [7, 11) is 1.73. The maximum Gasteiger partial charge on any atom is 0.119 e. The maximum atomic E-state index is 10.3. The lowest BCUT2D eigenvalue weighted by Gasteiger charge is -2.58. The highest BCUT2D eigenvalue weighted by Crippen LogP contribution is 2.67. The van der Waals surface area contributed by atoms with Crippen LogP contribution in [0.15, 0.2) is 34.9 Å². The summed E-state index contributed by atoms with van der Waals surface area (Å²) in [5.41, 5.74) is 6.11. The molecule has 1 heterocycles. The summed E-state index contributed by atoms with van der Waals surface area (Å²) in [6.07, 6.45) is 10.5. The van der Waals surface area contributed by atoms with Crippen LogP contribution in [0.5, 0.6) is 5.75 Å². The fraction of sp³-hybridized carbons (Fsp3) is 0.690. The van der Waals surface area contributed by atoms with Gasteiger partial charge in [0.15, 0.2) is 0 Å². The number of rotatable bonds is 2. The number of hydrogen-bond donors (Lipinski definition) is 1. The molecule has 33 heavy (non-hydrogen) atoms. The van der Waals surface area contributed by atoms with E-state index in [0.29, 0.717) is 22.8 Å². The number of methoxy groups -OCH3 is 1. The first-order chi connectivity index (χ1) is 15.8. The molecule has 4 heteroatoms. The summed E-state index contributed by atoms with van der Waals surface area (Å²) >= 11 is 0. The molecule has 3 fully saturated rings. The normalized spacial score (nSPS) is 43.8. The van der Waals surface area contributed by atoms with Crippen molar-refractivity contribution in [2.45, 2.75) is 84.8 Å². The molecule has 1 aliphatic heterocycles. The van der Waals surface area contributed by atoms with Gasteiger partial charge in [0, 0.05) is 11.6 Å². The second kappa shape index (κ2) is 7.34. The standard InChI is InChI=1S/C29H40N2O2/c1-17-14-21(33-5)7-9-26(17)31-18(2)27-25(30-31)16-24-22-8-6-19-15-20(32)10-12-28(19,3)23(22)11-13-29(24,27)4/h6-7,9,14,18,20,22-24,27,32H,8,10-13,15-16H2,1-5H3/t18-,20-,22+,23-,24-,27-,28-,29-/m0/s1. The van der Waals surface area contributed by atoms with Crippen LogP contribution in [0.1, 0.15) is 71.3 Å². The van der Waals surface area contributed by atoms with Crippen LogP contribution < -0.4 is 9.75 Å². The third-order valence-corrected chi connectivity index (χ3v) is 10.8. The number of aliphatic hydroxyl groups excluding tert-OH is 1. The molecule has 0 radical (unpaired) electrons. The van der Waals surface area contributed by atoms with Crippen LogP contribution >= 0.6 is 0 Å². The molecule has 0 unspecified atom stereocenters. The monoisotopic (exact) mass is 448 g/mol. The predicted octanol–water partition coefficient (Wildman–Crippen LogP) is 6.12. The Morgan fingerprint density at radius 3 is 2.70 bits per heavy atom. The first-order valence-electron chi connectivity index (χ1n) is 13.1. The number of aryl methyl sites for hydroxylation is 1. The first kappa shape index (κ1) is 21.7. The molecule has 0 spiro atoms. The van der Waals surface area contributed by atoms with Gasteiger partial charge >= 0.3 is 0 Å². The fourth-order valence-corrected chi connectivity index (χ4v) is 9.08. The second-order valence-corrected chi connectivity index (χ2v) is 12.2. The number of fused-ring (bicyclic) bond motifs is 7. The van der Waals surface area contributed by atoms with E-state index < -0.39 is 0 Å². The van der Waals surface area contributed by atoms with Crippen molar-refractivity contribution in [3.05, 3.63) is 35.4 Å². The summed E-state index contributed by atoms with van der Waals surface area (Å²) in [4.78, 5) is 0. The van der Waals surface area contributed by atoms with E-state index in [1.807, 2.05) is 0 Å². The van der Waals surface area contributed by atoms with Crippen molar-refractivity contribution in [1.82, 2.24) is 0 Å². The number of allylic oxidation sites excluding steroid dienone is 1. The van der Waals surface area contributed by atoms with E-state index in [9.17, 15) is 5.11 Å².